The number of nitrogens with zero attached hydrogens (tertiary/aromatic N) is 4. The molecule has 2 aromatic rings. The Kier molecular flexibility index (Phi) is 4.20. The zero-order chi connectivity index (χ0) is 15.5. The van der Waals surface area contributed by atoms with E-state index in [4.69, 9.17) is 0 Å². The van der Waals surface area contributed by atoms with Gasteiger partial charge >= 0.3 is 0 Å². The number of piperazine rings is 1. The Morgan fingerprint density at radius 1 is 1.23 bits per heavy atom. The van der Waals surface area contributed by atoms with E-state index in [0.717, 1.165) is 44.2 Å². The zero-order valence-corrected chi connectivity index (χ0v) is 13.0. The molecule has 1 aliphatic heterocycles. The molecule has 0 aliphatic carbocycles. The molecular weight excluding hydrogens is 278 g/mol. The minimum absolute atomic E-state index is 0.0364. The summed E-state index contributed by atoms with van der Waals surface area (Å²) < 4.78 is 0. The van der Waals surface area contributed by atoms with Gasteiger partial charge < -0.3 is 9.88 Å². The summed E-state index contributed by atoms with van der Waals surface area (Å²) in [5, 5.41) is 0. The highest BCUT2D eigenvalue weighted by Crippen LogP contribution is 2.12. The van der Waals surface area contributed by atoms with Crippen LogP contribution in [0.1, 0.15) is 27.6 Å². The largest absolute Gasteiger partial charge is 0.338 e. The van der Waals surface area contributed by atoms with Gasteiger partial charge in [0, 0.05) is 38.9 Å². The quantitative estimate of drug-likeness (QED) is 0.930. The van der Waals surface area contributed by atoms with E-state index in [-0.39, 0.29) is 5.91 Å². The summed E-state index contributed by atoms with van der Waals surface area (Å²) in [6, 6.07) is 4.05. The first-order valence-electron chi connectivity index (χ1n) is 7.57. The molecule has 0 saturated carbocycles. The van der Waals surface area contributed by atoms with Crippen molar-refractivity contribution in [1.29, 1.82) is 0 Å². The van der Waals surface area contributed by atoms with Crippen molar-refractivity contribution in [3.8, 4) is 0 Å². The van der Waals surface area contributed by atoms with Crippen molar-refractivity contribution < 1.29 is 4.79 Å². The van der Waals surface area contributed by atoms with E-state index in [1.807, 2.05) is 24.1 Å². The summed E-state index contributed by atoms with van der Waals surface area (Å²) in [5.41, 5.74) is 2.91. The predicted octanol–water partition coefficient (Wildman–Crippen LogP) is 1.38. The van der Waals surface area contributed by atoms with Crippen LogP contribution in [0.15, 0.2) is 24.5 Å². The molecule has 1 amide bonds. The van der Waals surface area contributed by atoms with Crippen LogP contribution in [0, 0.1) is 13.8 Å². The number of amides is 1. The number of imidazole rings is 1. The van der Waals surface area contributed by atoms with E-state index in [9.17, 15) is 4.79 Å². The normalized spacial score (nSPS) is 16.0. The summed E-state index contributed by atoms with van der Waals surface area (Å²) >= 11 is 0. The van der Waals surface area contributed by atoms with Gasteiger partial charge in [0.1, 0.15) is 11.5 Å². The van der Waals surface area contributed by atoms with Crippen molar-refractivity contribution in [2.75, 3.05) is 26.2 Å². The fourth-order valence-corrected chi connectivity index (χ4v) is 2.70. The smallest absolute Gasteiger partial charge is 0.272 e. The van der Waals surface area contributed by atoms with Crippen LogP contribution in [0.5, 0.6) is 0 Å². The maximum absolute atomic E-state index is 12.4. The molecule has 1 fully saturated rings. The Morgan fingerprint density at radius 3 is 2.64 bits per heavy atom. The first-order valence-corrected chi connectivity index (χ1v) is 7.57. The number of pyridine rings is 1. The lowest BCUT2D eigenvalue weighted by Crippen LogP contribution is -2.48. The van der Waals surface area contributed by atoms with E-state index in [1.165, 1.54) is 5.56 Å². The highest BCUT2D eigenvalue weighted by atomic mass is 16.2. The predicted molar refractivity (Wildman–Crippen MR) is 83.5 cm³/mol. The fraction of sp³-hybridized carbons (Fsp3) is 0.438. The highest BCUT2D eigenvalue weighted by Gasteiger charge is 2.23. The molecule has 0 bridgehead atoms. The first kappa shape index (κ1) is 14.7. The summed E-state index contributed by atoms with van der Waals surface area (Å²) in [5.74, 6) is 0.807. The summed E-state index contributed by atoms with van der Waals surface area (Å²) in [6.07, 6.45) is 3.45. The Hall–Kier alpha value is -2.21. The first-order chi connectivity index (χ1) is 10.6. The molecule has 1 N–H and O–H groups in total. The van der Waals surface area contributed by atoms with Gasteiger partial charge in [-0.15, -0.1) is 0 Å². The third kappa shape index (κ3) is 3.17. The number of H-pyrrole nitrogens is 1. The topological polar surface area (TPSA) is 65.1 Å². The number of nitrogens with one attached hydrogen (secondary N) is 1. The SMILES string of the molecule is Cc1ncc(C(=O)N2CCN(Cc3ncccc3C)CC2)[nH]1. The molecule has 1 aliphatic rings. The van der Waals surface area contributed by atoms with Crippen molar-refractivity contribution in [2.24, 2.45) is 0 Å². The van der Waals surface area contributed by atoms with E-state index in [0.29, 0.717) is 5.69 Å². The van der Waals surface area contributed by atoms with Gasteiger partial charge in [0.15, 0.2) is 0 Å². The van der Waals surface area contributed by atoms with Crippen molar-refractivity contribution in [1.82, 2.24) is 24.8 Å². The molecule has 1 saturated heterocycles. The van der Waals surface area contributed by atoms with Gasteiger partial charge in [-0.25, -0.2) is 4.98 Å². The van der Waals surface area contributed by atoms with E-state index in [2.05, 4.69) is 32.8 Å². The average molecular weight is 299 g/mol. The van der Waals surface area contributed by atoms with Gasteiger partial charge in [0.2, 0.25) is 0 Å². The number of hydrogen-bond acceptors (Lipinski definition) is 4. The summed E-state index contributed by atoms with van der Waals surface area (Å²) in [6.45, 7) is 8.00. The van der Waals surface area contributed by atoms with Crippen LogP contribution in [0.25, 0.3) is 0 Å². The number of rotatable bonds is 3. The number of aromatic nitrogens is 3. The molecule has 0 radical (unpaired) electrons. The van der Waals surface area contributed by atoms with Gasteiger partial charge in [-0.1, -0.05) is 6.07 Å². The molecule has 0 atom stereocenters. The maximum Gasteiger partial charge on any atom is 0.272 e. The van der Waals surface area contributed by atoms with Crippen LogP contribution in [-0.2, 0) is 6.54 Å². The van der Waals surface area contributed by atoms with Crippen LogP contribution < -0.4 is 0 Å². The van der Waals surface area contributed by atoms with Crippen molar-refractivity contribution in [3.63, 3.8) is 0 Å². The lowest BCUT2D eigenvalue weighted by atomic mass is 10.2. The van der Waals surface area contributed by atoms with Gasteiger partial charge in [0.05, 0.1) is 11.9 Å². The second-order valence-electron chi connectivity index (χ2n) is 5.72. The van der Waals surface area contributed by atoms with Crippen molar-refractivity contribution in [2.45, 2.75) is 20.4 Å². The molecule has 0 spiro atoms. The molecule has 0 aromatic carbocycles. The second-order valence-corrected chi connectivity index (χ2v) is 5.72. The Labute approximate surface area is 130 Å². The van der Waals surface area contributed by atoms with Gasteiger partial charge in [-0.2, -0.15) is 0 Å². The average Bonchev–Trinajstić information content (AvgIpc) is 2.96. The number of carbonyl (C=O) groups excluding carboxylic acids is 1. The molecule has 6 heteroatoms. The molecule has 3 rings (SSSR count). The second kappa shape index (κ2) is 6.27. The molecular formula is C16H21N5O. The number of aromatic amines is 1. The maximum atomic E-state index is 12.4. The van der Waals surface area contributed by atoms with E-state index < -0.39 is 0 Å². The molecule has 2 aromatic heterocycles. The Balaban J connectivity index is 1.56. The Bertz CT molecular complexity index is 658. The van der Waals surface area contributed by atoms with Crippen molar-refractivity contribution >= 4 is 5.91 Å². The number of aryl methyl sites for hydroxylation is 2. The number of hydrogen-bond donors (Lipinski definition) is 1. The summed E-state index contributed by atoms with van der Waals surface area (Å²) in [4.78, 5) is 28.1. The lowest BCUT2D eigenvalue weighted by Gasteiger charge is -2.34. The minimum atomic E-state index is 0.0364. The van der Waals surface area contributed by atoms with Gasteiger partial charge in [-0.3, -0.25) is 14.7 Å². The summed E-state index contributed by atoms with van der Waals surface area (Å²) in [7, 11) is 0. The fourth-order valence-electron chi connectivity index (χ4n) is 2.70. The Morgan fingerprint density at radius 2 is 2.00 bits per heavy atom. The molecule has 22 heavy (non-hydrogen) atoms. The zero-order valence-electron chi connectivity index (χ0n) is 13.0. The standard InChI is InChI=1S/C16H21N5O/c1-12-4-3-5-17-15(12)11-20-6-8-21(9-7-20)16(22)14-10-18-13(2)19-14/h3-5,10H,6-9,11H2,1-2H3,(H,18,19). The monoisotopic (exact) mass is 299 g/mol. The number of carbonyl (C=O) groups is 1. The van der Waals surface area contributed by atoms with Crippen LogP contribution in [0.4, 0.5) is 0 Å². The molecule has 0 unspecified atom stereocenters. The third-order valence-electron chi connectivity index (χ3n) is 4.08. The highest BCUT2D eigenvalue weighted by molar-refractivity contribution is 5.92. The van der Waals surface area contributed by atoms with Crippen LogP contribution in [-0.4, -0.2) is 56.8 Å². The third-order valence-corrected chi connectivity index (χ3v) is 4.08. The van der Waals surface area contributed by atoms with Gasteiger partial charge in [-0.05, 0) is 25.5 Å². The lowest BCUT2D eigenvalue weighted by molar-refractivity contribution is 0.0621. The van der Waals surface area contributed by atoms with Crippen molar-refractivity contribution in [3.05, 3.63) is 47.3 Å². The van der Waals surface area contributed by atoms with Crippen LogP contribution >= 0.6 is 0 Å². The minimum Gasteiger partial charge on any atom is -0.338 e. The molecule has 116 valence electrons. The van der Waals surface area contributed by atoms with Crippen LogP contribution in [0.2, 0.25) is 0 Å². The van der Waals surface area contributed by atoms with E-state index in [1.54, 1.807) is 6.20 Å². The molecule has 3 heterocycles. The van der Waals surface area contributed by atoms with E-state index >= 15 is 0 Å². The molecule has 6 nitrogen and oxygen atoms in total. The van der Waals surface area contributed by atoms with Gasteiger partial charge in [0.25, 0.3) is 5.91 Å². The van der Waals surface area contributed by atoms with Crippen LogP contribution in [0.3, 0.4) is 0 Å².